The SMILES string of the molecule is COC(=O)[C@H](N[C@H]1CC[C@@H](SC)C1)c1cccc(C#N)c1. The molecular weight excluding hydrogens is 284 g/mol. The van der Waals surface area contributed by atoms with Gasteiger partial charge in [0.15, 0.2) is 0 Å². The van der Waals surface area contributed by atoms with E-state index in [1.165, 1.54) is 13.5 Å². The van der Waals surface area contributed by atoms with Crippen LogP contribution < -0.4 is 5.32 Å². The van der Waals surface area contributed by atoms with E-state index in [1.807, 2.05) is 17.8 Å². The highest BCUT2D eigenvalue weighted by molar-refractivity contribution is 7.99. The Hall–Kier alpha value is -1.51. The van der Waals surface area contributed by atoms with Crippen molar-refractivity contribution in [1.29, 1.82) is 5.26 Å². The van der Waals surface area contributed by atoms with Gasteiger partial charge < -0.3 is 4.74 Å². The molecule has 2 rings (SSSR count). The van der Waals surface area contributed by atoms with Gasteiger partial charge in [-0.15, -0.1) is 0 Å². The second-order valence-electron chi connectivity index (χ2n) is 5.23. The largest absolute Gasteiger partial charge is 0.468 e. The van der Waals surface area contributed by atoms with Crippen molar-refractivity contribution >= 4 is 17.7 Å². The van der Waals surface area contributed by atoms with E-state index in [0.29, 0.717) is 16.9 Å². The van der Waals surface area contributed by atoms with Crippen molar-refractivity contribution in [2.45, 2.75) is 36.6 Å². The summed E-state index contributed by atoms with van der Waals surface area (Å²) >= 11 is 1.88. The molecule has 0 amide bonds. The predicted molar refractivity (Wildman–Crippen MR) is 84.0 cm³/mol. The molecule has 5 heteroatoms. The summed E-state index contributed by atoms with van der Waals surface area (Å²) in [6.07, 6.45) is 5.43. The fraction of sp³-hybridized carbons (Fsp3) is 0.500. The monoisotopic (exact) mass is 304 g/mol. The van der Waals surface area contributed by atoms with Crippen molar-refractivity contribution in [3.05, 3.63) is 35.4 Å². The van der Waals surface area contributed by atoms with Crippen LogP contribution in [-0.2, 0) is 9.53 Å². The van der Waals surface area contributed by atoms with E-state index in [9.17, 15) is 4.79 Å². The summed E-state index contributed by atoms with van der Waals surface area (Å²) < 4.78 is 4.91. The second kappa shape index (κ2) is 7.48. The first-order chi connectivity index (χ1) is 10.2. The number of hydrogen-bond acceptors (Lipinski definition) is 5. The van der Waals surface area contributed by atoms with Gasteiger partial charge in [0, 0.05) is 11.3 Å². The van der Waals surface area contributed by atoms with Crippen LogP contribution in [0.15, 0.2) is 24.3 Å². The van der Waals surface area contributed by atoms with E-state index in [1.54, 1.807) is 18.2 Å². The number of methoxy groups -OCH3 is 1. The zero-order valence-corrected chi connectivity index (χ0v) is 13.2. The average molecular weight is 304 g/mol. The molecule has 0 saturated heterocycles. The lowest BCUT2D eigenvalue weighted by atomic mass is 10.0. The highest BCUT2D eigenvalue weighted by atomic mass is 32.2. The number of ether oxygens (including phenoxy) is 1. The number of esters is 1. The first kappa shape index (κ1) is 15.9. The first-order valence-corrected chi connectivity index (χ1v) is 8.33. The molecule has 0 spiro atoms. The number of benzene rings is 1. The van der Waals surface area contributed by atoms with Gasteiger partial charge in [-0.1, -0.05) is 12.1 Å². The first-order valence-electron chi connectivity index (χ1n) is 7.04. The molecule has 0 unspecified atom stereocenters. The molecule has 3 atom stereocenters. The number of hydrogen-bond donors (Lipinski definition) is 1. The minimum atomic E-state index is -0.506. The van der Waals surface area contributed by atoms with Crippen molar-refractivity contribution in [3.8, 4) is 6.07 Å². The molecular formula is C16H20N2O2S. The van der Waals surface area contributed by atoms with Gasteiger partial charge in [0.05, 0.1) is 18.7 Å². The Morgan fingerprint density at radius 1 is 1.52 bits per heavy atom. The normalized spacial score (nSPS) is 22.5. The summed E-state index contributed by atoms with van der Waals surface area (Å²) in [5, 5.41) is 13.1. The Kier molecular flexibility index (Phi) is 5.66. The predicted octanol–water partition coefficient (Wildman–Crippen LogP) is 2.65. The van der Waals surface area contributed by atoms with E-state index in [4.69, 9.17) is 10.00 Å². The van der Waals surface area contributed by atoms with Gasteiger partial charge in [-0.2, -0.15) is 17.0 Å². The lowest BCUT2D eigenvalue weighted by Gasteiger charge is -2.21. The number of rotatable bonds is 5. The van der Waals surface area contributed by atoms with Crippen LogP contribution in [0.25, 0.3) is 0 Å². The maximum atomic E-state index is 12.1. The standard InChI is InChI=1S/C16H20N2O2S/c1-20-16(19)15(12-5-3-4-11(8-12)10-17)18-13-6-7-14(9-13)21-2/h3-5,8,13-15,18H,6-7,9H2,1-2H3/t13-,14+,15+/m0/s1. The fourth-order valence-corrected chi connectivity index (χ4v) is 3.54. The molecule has 1 N–H and O–H groups in total. The van der Waals surface area contributed by atoms with Crippen LogP contribution in [-0.4, -0.2) is 30.6 Å². The van der Waals surface area contributed by atoms with Crippen molar-refractivity contribution in [3.63, 3.8) is 0 Å². The Morgan fingerprint density at radius 2 is 2.33 bits per heavy atom. The summed E-state index contributed by atoms with van der Waals surface area (Å²) in [6, 6.07) is 9.05. The Morgan fingerprint density at radius 3 is 2.95 bits per heavy atom. The molecule has 112 valence electrons. The highest BCUT2D eigenvalue weighted by Gasteiger charge is 2.30. The van der Waals surface area contributed by atoms with Crippen LogP contribution in [0.3, 0.4) is 0 Å². The van der Waals surface area contributed by atoms with Gasteiger partial charge >= 0.3 is 5.97 Å². The van der Waals surface area contributed by atoms with Crippen LogP contribution in [0, 0.1) is 11.3 Å². The number of nitriles is 1. The van der Waals surface area contributed by atoms with Crippen molar-refractivity contribution in [2.75, 3.05) is 13.4 Å². The number of thioether (sulfide) groups is 1. The number of carbonyl (C=O) groups excluding carboxylic acids is 1. The van der Waals surface area contributed by atoms with Crippen LogP contribution in [0.5, 0.6) is 0 Å². The minimum Gasteiger partial charge on any atom is -0.468 e. The maximum absolute atomic E-state index is 12.1. The third kappa shape index (κ3) is 3.99. The second-order valence-corrected chi connectivity index (χ2v) is 6.37. The van der Waals surface area contributed by atoms with Gasteiger partial charge in [0.25, 0.3) is 0 Å². The number of nitrogens with one attached hydrogen (secondary N) is 1. The smallest absolute Gasteiger partial charge is 0.327 e. The zero-order chi connectivity index (χ0) is 15.2. The quantitative estimate of drug-likeness (QED) is 0.847. The number of carbonyl (C=O) groups is 1. The van der Waals surface area contributed by atoms with Gasteiger partial charge in [0.2, 0.25) is 0 Å². The van der Waals surface area contributed by atoms with Crippen molar-refractivity contribution < 1.29 is 9.53 Å². The van der Waals surface area contributed by atoms with E-state index >= 15 is 0 Å². The van der Waals surface area contributed by atoms with Gasteiger partial charge in [0.1, 0.15) is 6.04 Å². The van der Waals surface area contributed by atoms with Gasteiger partial charge in [-0.25, -0.2) is 4.79 Å². The molecule has 4 nitrogen and oxygen atoms in total. The van der Waals surface area contributed by atoms with Crippen LogP contribution >= 0.6 is 11.8 Å². The Bertz CT molecular complexity index is 541. The van der Waals surface area contributed by atoms with Crippen LogP contribution in [0.4, 0.5) is 0 Å². The summed E-state index contributed by atoms with van der Waals surface area (Å²) in [5.74, 6) is -0.308. The van der Waals surface area contributed by atoms with Crippen LogP contribution in [0.1, 0.15) is 36.4 Å². The molecule has 1 aliphatic rings. The van der Waals surface area contributed by atoms with Crippen molar-refractivity contribution in [2.24, 2.45) is 0 Å². The zero-order valence-electron chi connectivity index (χ0n) is 12.3. The molecule has 21 heavy (non-hydrogen) atoms. The summed E-state index contributed by atoms with van der Waals surface area (Å²) in [4.78, 5) is 12.1. The van der Waals surface area contributed by atoms with E-state index in [-0.39, 0.29) is 5.97 Å². The molecule has 0 aliphatic heterocycles. The van der Waals surface area contributed by atoms with E-state index in [2.05, 4.69) is 17.6 Å². The molecule has 1 aliphatic carbocycles. The molecule has 0 heterocycles. The van der Waals surface area contributed by atoms with Gasteiger partial charge in [-0.3, -0.25) is 5.32 Å². The summed E-state index contributed by atoms with van der Waals surface area (Å²) in [7, 11) is 1.39. The Balaban J connectivity index is 2.15. The minimum absolute atomic E-state index is 0.308. The molecule has 0 radical (unpaired) electrons. The van der Waals surface area contributed by atoms with Crippen LogP contribution in [0.2, 0.25) is 0 Å². The third-order valence-corrected chi connectivity index (χ3v) is 5.00. The Labute approximate surface area is 129 Å². The highest BCUT2D eigenvalue weighted by Crippen LogP contribution is 2.30. The molecule has 1 aromatic rings. The molecule has 1 saturated carbocycles. The topological polar surface area (TPSA) is 62.1 Å². The molecule has 0 aromatic heterocycles. The lowest BCUT2D eigenvalue weighted by Crippen LogP contribution is -2.36. The van der Waals surface area contributed by atoms with Crippen molar-refractivity contribution in [1.82, 2.24) is 5.32 Å². The van der Waals surface area contributed by atoms with E-state index < -0.39 is 6.04 Å². The summed E-state index contributed by atoms with van der Waals surface area (Å²) in [6.45, 7) is 0. The lowest BCUT2D eigenvalue weighted by molar-refractivity contribution is -0.143. The van der Waals surface area contributed by atoms with E-state index in [0.717, 1.165) is 18.4 Å². The maximum Gasteiger partial charge on any atom is 0.327 e. The number of nitrogens with zero attached hydrogens (tertiary/aromatic N) is 1. The molecule has 0 bridgehead atoms. The summed E-state index contributed by atoms with van der Waals surface area (Å²) in [5.41, 5.74) is 1.34. The molecule has 1 aromatic carbocycles. The average Bonchev–Trinajstić information content (AvgIpc) is 2.99. The molecule has 1 fully saturated rings. The third-order valence-electron chi connectivity index (χ3n) is 3.91. The fourth-order valence-electron chi connectivity index (χ4n) is 2.75. The van der Waals surface area contributed by atoms with Gasteiger partial charge in [-0.05, 0) is 43.2 Å².